The molecule has 0 saturated carbocycles. The van der Waals surface area contributed by atoms with Crippen molar-refractivity contribution in [1.82, 2.24) is 10.2 Å². The number of carbonyl (C=O) groups excluding carboxylic acids is 2. The van der Waals surface area contributed by atoms with Gasteiger partial charge in [0.1, 0.15) is 5.75 Å². The van der Waals surface area contributed by atoms with Gasteiger partial charge in [0.25, 0.3) is 0 Å². The number of halogens is 1. The Balaban J connectivity index is 0.00000529. The first-order valence-corrected chi connectivity index (χ1v) is 7.84. The molecule has 136 valence electrons. The summed E-state index contributed by atoms with van der Waals surface area (Å²) in [6, 6.07) is 6.98. The van der Waals surface area contributed by atoms with Gasteiger partial charge in [0.05, 0.1) is 19.2 Å². The van der Waals surface area contributed by atoms with Crippen molar-refractivity contribution >= 4 is 24.2 Å². The van der Waals surface area contributed by atoms with E-state index in [4.69, 9.17) is 10.5 Å². The van der Waals surface area contributed by atoms with Gasteiger partial charge in [0.2, 0.25) is 11.8 Å². The van der Waals surface area contributed by atoms with Crippen molar-refractivity contribution in [3.05, 3.63) is 29.8 Å². The van der Waals surface area contributed by atoms with Crippen molar-refractivity contribution in [2.75, 3.05) is 20.2 Å². The number of hydrogen-bond donors (Lipinski definition) is 2. The number of amides is 2. The number of ether oxygens (including phenoxy) is 1. The number of rotatable bonds is 8. The van der Waals surface area contributed by atoms with Crippen molar-refractivity contribution in [1.29, 1.82) is 0 Å². The van der Waals surface area contributed by atoms with E-state index in [0.29, 0.717) is 13.2 Å². The van der Waals surface area contributed by atoms with Crippen molar-refractivity contribution in [2.24, 2.45) is 11.7 Å². The number of nitrogens with one attached hydrogen (secondary N) is 1. The molecule has 1 aromatic rings. The van der Waals surface area contributed by atoms with Crippen LogP contribution in [-0.4, -0.2) is 43.0 Å². The van der Waals surface area contributed by atoms with Crippen molar-refractivity contribution in [2.45, 2.75) is 33.4 Å². The Kier molecular flexibility index (Phi) is 10.1. The second-order valence-electron chi connectivity index (χ2n) is 5.78. The molecule has 0 aliphatic carbocycles. The third-order valence-corrected chi connectivity index (χ3v) is 3.54. The van der Waals surface area contributed by atoms with Gasteiger partial charge in [-0.05, 0) is 18.9 Å². The van der Waals surface area contributed by atoms with E-state index >= 15 is 0 Å². The predicted molar refractivity (Wildman–Crippen MR) is 97.2 cm³/mol. The van der Waals surface area contributed by atoms with Crippen LogP contribution in [0.4, 0.5) is 0 Å². The minimum Gasteiger partial charge on any atom is -0.494 e. The number of likely N-dealkylation sites (N-methyl/N-ethyl adjacent to an activating group) is 1. The quantitative estimate of drug-likeness (QED) is 0.739. The smallest absolute Gasteiger partial charge is 0.242 e. The molecular weight excluding hydrogens is 330 g/mol. The average molecular weight is 358 g/mol. The Bertz CT molecular complexity index is 538. The molecule has 24 heavy (non-hydrogen) atoms. The van der Waals surface area contributed by atoms with Crippen LogP contribution in [0, 0.1) is 5.92 Å². The van der Waals surface area contributed by atoms with E-state index in [-0.39, 0.29) is 36.7 Å². The molecule has 6 nitrogen and oxygen atoms in total. The summed E-state index contributed by atoms with van der Waals surface area (Å²) < 4.78 is 5.55. The highest BCUT2D eigenvalue weighted by molar-refractivity contribution is 5.87. The van der Waals surface area contributed by atoms with Gasteiger partial charge in [-0.15, -0.1) is 12.4 Å². The van der Waals surface area contributed by atoms with Crippen LogP contribution in [0.1, 0.15) is 26.3 Å². The molecule has 0 fully saturated rings. The Labute approximate surface area is 150 Å². The molecule has 0 unspecified atom stereocenters. The highest BCUT2D eigenvalue weighted by Crippen LogP contribution is 2.19. The molecule has 0 aliphatic heterocycles. The van der Waals surface area contributed by atoms with Crippen LogP contribution in [0.3, 0.4) is 0 Å². The van der Waals surface area contributed by atoms with Crippen LogP contribution in [0.15, 0.2) is 24.3 Å². The van der Waals surface area contributed by atoms with E-state index < -0.39 is 6.04 Å². The standard InChI is InChI=1S/C17H27N3O3.ClH/c1-5-23-14-9-7-6-8-13(14)11-20(4)15(21)10-19-17(22)16(18)12(2)3;/h6-9,12,16H,5,10-11,18H2,1-4H3,(H,19,22);1H/t16-;/m0./s1. The molecular formula is C17H28ClN3O3. The Morgan fingerprint density at radius 1 is 1.29 bits per heavy atom. The van der Waals surface area contributed by atoms with Crippen LogP contribution in [-0.2, 0) is 16.1 Å². The largest absolute Gasteiger partial charge is 0.494 e. The molecule has 3 N–H and O–H groups in total. The zero-order chi connectivity index (χ0) is 17.4. The first-order chi connectivity index (χ1) is 10.9. The number of benzene rings is 1. The summed E-state index contributed by atoms with van der Waals surface area (Å²) in [4.78, 5) is 25.5. The topological polar surface area (TPSA) is 84.7 Å². The minimum absolute atomic E-state index is 0. The molecule has 2 amide bonds. The van der Waals surface area contributed by atoms with E-state index in [9.17, 15) is 9.59 Å². The summed E-state index contributed by atoms with van der Waals surface area (Å²) in [5.41, 5.74) is 6.67. The molecule has 7 heteroatoms. The molecule has 0 saturated heterocycles. The number of nitrogens with zero attached hydrogens (tertiary/aromatic N) is 1. The summed E-state index contributed by atoms with van der Waals surface area (Å²) in [5.74, 6) is 0.304. The first kappa shape index (κ1) is 22.2. The second kappa shape index (κ2) is 10.9. The molecule has 1 aromatic carbocycles. The maximum absolute atomic E-state index is 12.1. The van der Waals surface area contributed by atoms with Gasteiger partial charge in [-0.1, -0.05) is 32.0 Å². The SMILES string of the molecule is CCOc1ccccc1CN(C)C(=O)CNC(=O)[C@@H](N)C(C)C.Cl. The summed E-state index contributed by atoms with van der Waals surface area (Å²) in [7, 11) is 1.69. The molecule has 0 aromatic heterocycles. The van der Waals surface area contributed by atoms with Crippen LogP contribution >= 0.6 is 12.4 Å². The predicted octanol–water partition coefficient (Wildman–Crippen LogP) is 1.56. The summed E-state index contributed by atoms with van der Waals surface area (Å²) in [6.07, 6.45) is 0. The average Bonchev–Trinajstić information content (AvgIpc) is 2.53. The fourth-order valence-electron chi connectivity index (χ4n) is 1.99. The van der Waals surface area contributed by atoms with Gasteiger partial charge in [0.15, 0.2) is 0 Å². The Hall–Kier alpha value is -1.79. The fourth-order valence-corrected chi connectivity index (χ4v) is 1.99. The zero-order valence-corrected chi connectivity index (χ0v) is 15.6. The van der Waals surface area contributed by atoms with Gasteiger partial charge in [-0.25, -0.2) is 0 Å². The van der Waals surface area contributed by atoms with Crippen LogP contribution in [0.5, 0.6) is 5.75 Å². The van der Waals surface area contributed by atoms with Crippen LogP contribution < -0.4 is 15.8 Å². The van der Waals surface area contributed by atoms with Gasteiger partial charge in [0, 0.05) is 19.2 Å². The molecule has 0 spiro atoms. The Morgan fingerprint density at radius 2 is 1.92 bits per heavy atom. The summed E-state index contributed by atoms with van der Waals surface area (Å²) in [6.45, 7) is 6.57. The van der Waals surface area contributed by atoms with Crippen molar-refractivity contribution in [3.8, 4) is 5.75 Å². The van der Waals surface area contributed by atoms with Crippen molar-refractivity contribution < 1.29 is 14.3 Å². The lowest BCUT2D eigenvalue weighted by Crippen LogP contribution is -2.47. The molecule has 0 aliphatic rings. The highest BCUT2D eigenvalue weighted by atomic mass is 35.5. The van der Waals surface area contributed by atoms with Crippen LogP contribution in [0.25, 0.3) is 0 Å². The normalized spacial score (nSPS) is 11.4. The van der Waals surface area contributed by atoms with E-state index in [2.05, 4.69) is 5.32 Å². The maximum atomic E-state index is 12.1. The monoisotopic (exact) mass is 357 g/mol. The van der Waals surface area contributed by atoms with Gasteiger partial charge >= 0.3 is 0 Å². The third kappa shape index (κ3) is 6.76. The fraction of sp³-hybridized carbons (Fsp3) is 0.529. The minimum atomic E-state index is -0.605. The van der Waals surface area contributed by atoms with E-state index in [1.165, 1.54) is 0 Å². The van der Waals surface area contributed by atoms with Gasteiger partial charge < -0.3 is 20.7 Å². The van der Waals surface area contributed by atoms with Crippen LogP contribution in [0.2, 0.25) is 0 Å². The highest BCUT2D eigenvalue weighted by Gasteiger charge is 2.19. The molecule has 0 bridgehead atoms. The Morgan fingerprint density at radius 3 is 2.50 bits per heavy atom. The van der Waals surface area contributed by atoms with E-state index in [1.54, 1.807) is 11.9 Å². The zero-order valence-electron chi connectivity index (χ0n) is 14.7. The van der Waals surface area contributed by atoms with E-state index in [0.717, 1.165) is 11.3 Å². The number of carbonyl (C=O) groups is 2. The van der Waals surface area contributed by atoms with E-state index in [1.807, 2.05) is 45.0 Å². The molecule has 1 atom stereocenters. The number of para-hydroxylation sites is 1. The molecule has 1 rings (SSSR count). The van der Waals surface area contributed by atoms with Gasteiger partial charge in [-0.2, -0.15) is 0 Å². The molecule has 0 heterocycles. The second-order valence-corrected chi connectivity index (χ2v) is 5.78. The molecule has 0 radical (unpaired) electrons. The summed E-state index contributed by atoms with van der Waals surface area (Å²) >= 11 is 0. The van der Waals surface area contributed by atoms with Crippen molar-refractivity contribution in [3.63, 3.8) is 0 Å². The number of hydrogen-bond acceptors (Lipinski definition) is 4. The summed E-state index contributed by atoms with van der Waals surface area (Å²) in [5, 5.41) is 2.58. The maximum Gasteiger partial charge on any atom is 0.242 e. The lowest BCUT2D eigenvalue weighted by atomic mass is 10.1. The first-order valence-electron chi connectivity index (χ1n) is 7.84. The third-order valence-electron chi connectivity index (χ3n) is 3.54. The number of nitrogens with two attached hydrogens (primary N) is 1. The van der Waals surface area contributed by atoms with Gasteiger partial charge in [-0.3, -0.25) is 9.59 Å². The lowest BCUT2D eigenvalue weighted by Gasteiger charge is -2.20. The lowest BCUT2D eigenvalue weighted by molar-refractivity contribution is -0.132.